The van der Waals surface area contributed by atoms with Crippen molar-refractivity contribution in [1.82, 2.24) is 9.38 Å². The zero-order valence-electron chi connectivity index (χ0n) is 14.6. The topological polar surface area (TPSA) is 44.3 Å². The number of imidazole rings is 1. The molecule has 132 valence electrons. The summed E-state index contributed by atoms with van der Waals surface area (Å²) >= 11 is 0. The Morgan fingerprint density at radius 2 is 1.77 bits per heavy atom. The normalized spacial score (nSPS) is 23.4. The van der Waals surface area contributed by atoms with Crippen LogP contribution < -0.4 is 4.90 Å². The second-order valence-corrected chi connectivity index (χ2v) is 7.80. The van der Waals surface area contributed by atoms with Crippen LogP contribution in [0.4, 0.5) is 5.82 Å². The van der Waals surface area contributed by atoms with Crippen molar-refractivity contribution in [2.24, 2.45) is 0 Å². The van der Waals surface area contributed by atoms with Gasteiger partial charge in [0.25, 0.3) is 0 Å². The van der Waals surface area contributed by atoms with Crippen molar-refractivity contribution in [2.75, 3.05) is 18.0 Å². The highest BCUT2D eigenvalue weighted by Gasteiger charge is 2.43. The average molecular weight is 365 g/mol. The third kappa shape index (κ3) is 1.87. The van der Waals surface area contributed by atoms with E-state index < -0.39 is 0 Å². The number of aromatic nitrogens is 2. The molecule has 1 saturated carbocycles. The second-order valence-electron chi connectivity index (χ2n) is 7.80. The van der Waals surface area contributed by atoms with Crippen LogP contribution in [-0.2, 0) is 0 Å². The van der Waals surface area contributed by atoms with E-state index in [1.54, 1.807) is 0 Å². The minimum Gasteiger partial charge on any atom is -0.357 e. The second kappa shape index (κ2) is 5.62. The van der Waals surface area contributed by atoms with Crippen molar-refractivity contribution in [3.8, 4) is 6.07 Å². The van der Waals surface area contributed by atoms with Crippen LogP contribution in [0, 0.1) is 11.3 Å². The van der Waals surface area contributed by atoms with E-state index in [1.165, 1.54) is 49.0 Å². The minimum absolute atomic E-state index is 0. The molecule has 1 saturated heterocycles. The molecule has 2 unspecified atom stereocenters. The summed E-state index contributed by atoms with van der Waals surface area (Å²) in [5.74, 6) is 2.55. The van der Waals surface area contributed by atoms with Gasteiger partial charge in [-0.3, -0.25) is 4.40 Å². The number of pyridine rings is 1. The predicted octanol–water partition coefficient (Wildman–Crippen LogP) is 4.75. The number of para-hydroxylation sites is 2. The molecule has 0 amide bonds. The lowest BCUT2D eigenvalue weighted by atomic mass is 9.89. The predicted molar refractivity (Wildman–Crippen MR) is 105 cm³/mol. The number of nitrogens with zero attached hydrogens (tertiary/aromatic N) is 4. The highest BCUT2D eigenvalue weighted by Crippen LogP contribution is 2.57. The fourth-order valence-electron chi connectivity index (χ4n) is 5.59. The van der Waals surface area contributed by atoms with Gasteiger partial charge in [0.05, 0.1) is 16.6 Å². The van der Waals surface area contributed by atoms with Crippen molar-refractivity contribution in [3.05, 3.63) is 41.0 Å². The molecule has 5 heteroatoms. The Morgan fingerprint density at radius 1 is 1.04 bits per heavy atom. The van der Waals surface area contributed by atoms with Crippen molar-refractivity contribution in [3.63, 3.8) is 0 Å². The van der Waals surface area contributed by atoms with Gasteiger partial charge in [-0.25, -0.2) is 4.98 Å². The molecule has 2 atom stereocenters. The maximum Gasteiger partial charge on any atom is 0.157 e. The molecule has 3 aromatic rings. The van der Waals surface area contributed by atoms with Crippen LogP contribution in [0.2, 0.25) is 0 Å². The number of benzene rings is 1. The van der Waals surface area contributed by atoms with Gasteiger partial charge in [0, 0.05) is 18.7 Å². The monoisotopic (exact) mass is 364 g/mol. The van der Waals surface area contributed by atoms with Gasteiger partial charge < -0.3 is 4.90 Å². The van der Waals surface area contributed by atoms with Gasteiger partial charge in [-0.2, -0.15) is 5.26 Å². The molecule has 26 heavy (non-hydrogen) atoms. The van der Waals surface area contributed by atoms with E-state index in [-0.39, 0.29) is 12.4 Å². The van der Waals surface area contributed by atoms with Crippen LogP contribution in [0.5, 0.6) is 0 Å². The standard InChI is InChI=1S/C21H20N4.ClH/c22-12-15-18-13-7-8-14(11-13)19(18)21(24-9-3-4-10-24)25-17-6-2-1-5-16(17)23-20(15)25;/h1-2,5-6,13-14H,3-4,7-11H2;1H. The molecule has 0 spiro atoms. The molecule has 6 rings (SSSR count). The Morgan fingerprint density at radius 3 is 2.54 bits per heavy atom. The number of fused-ring (bicyclic) bond motifs is 8. The summed E-state index contributed by atoms with van der Waals surface area (Å²) in [6.45, 7) is 2.24. The van der Waals surface area contributed by atoms with E-state index >= 15 is 0 Å². The molecule has 2 aliphatic carbocycles. The zero-order chi connectivity index (χ0) is 16.5. The smallest absolute Gasteiger partial charge is 0.157 e. The summed E-state index contributed by atoms with van der Waals surface area (Å²) < 4.78 is 2.30. The van der Waals surface area contributed by atoms with Crippen LogP contribution >= 0.6 is 12.4 Å². The summed E-state index contributed by atoms with van der Waals surface area (Å²) in [5, 5.41) is 9.99. The number of anilines is 1. The van der Waals surface area contributed by atoms with Gasteiger partial charge in [0.2, 0.25) is 0 Å². The first-order valence-electron chi connectivity index (χ1n) is 9.49. The largest absolute Gasteiger partial charge is 0.357 e. The molecule has 2 fully saturated rings. The van der Waals surface area contributed by atoms with Crippen LogP contribution in [0.3, 0.4) is 0 Å². The zero-order valence-corrected chi connectivity index (χ0v) is 15.4. The first-order chi connectivity index (χ1) is 12.4. The highest BCUT2D eigenvalue weighted by molar-refractivity contribution is 5.87. The molecule has 0 N–H and O–H groups in total. The summed E-state index contributed by atoms with van der Waals surface area (Å²) in [7, 11) is 0. The van der Waals surface area contributed by atoms with Crippen LogP contribution in [0.1, 0.15) is 60.6 Å². The molecular formula is C21H21ClN4. The lowest BCUT2D eigenvalue weighted by Gasteiger charge is -2.28. The van der Waals surface area contributed by atoms with Crippen LogP contribution in [-0.4, -0.2) is 22.5 Å². The van der Waals surface area contributed by atoms with Crippen LogP contribution in [0.25, 0.3) is 16.7 Å². The molecule has 3 heterocycles. The SMILES string of the molecule is Cl.N#Cc1c2c(c(N3CCCC3)n3c1nc1ccccc13)C1CCC2C1. The Hall–Kier alpha value is -2.25. The average Bonchev–Trinajstić information content (AvgIpc) is 3.42. The molecule has 2 bridgehead atoms. The highest BCUT2D eigenvalue weighted by atomic mass is 35.5. The van der Waals surface area contributed by atoms with Gasteiger partial charge in [0.1, 0.15) is 11.9 Å². The number of nitriles is 1. The molecule has 1 aromatic carbocycles. The van der Waals surface area contributed by atoms with Crippen molar-refractivity contribution in [1.29, 1.82) is 5.26 Å². The van der Waals surface area contributed by atoms with Gasteiger partial charge in [0.15, 0.2) is 5.65 Å². The molecular weight excluding hydrogens is 344 g/mol. The fraction of sp³-hybridized carbons (Fsp3) is 0.429. The Balaban J connectivity index is 0.00000150. The molecule has 3 aliphatic rings. The van der Waals surface area contributed by atoms with Crippen molar-refractivity contribution >= 4 is 34.9 Å². The lowest BCUT2D eigenvalue weighted by molar-refractivity contribution is 0.706. The third-order valence-electron chi connectivity index (χ3n) is 6.56. The summed E-state index contributed by atoms with van der Waals surface area (Å²) in [6, 6.07) is 10.9. The van der Waals surface area contributed by atoms with Gasteiger partial charge >= 0.3 is 0 Å². The lowest BCUT2D eigenvalue weighted by Crippen LogP contribution is -2.24. The van der Waals surface area contributed by atoms with E-state index in [0.717, 1.165) is 35.3 Å². The maximum absolute atomic E-state index is 9.99. The van der Waals surface area contributed by atoms with Crippen molar-refractivity contribution < 1.29 is 0 Å². The Bertz CT molecular complexity index is 1070. The number of rotatable bonds is 1. The summed E-state index contributed by atoms with van der Waals surface area (Å²) in [4.78, 5) is 7.45. The van der Waals surface area contributed by atoms with E-state index in [2.05, 4.69) is 33.6 Å². The van der Waals surface area contributed by atoms with E-state index in [1.807, 2.05) is 6.07 Å². The number of hydrogen-bond acceptors (Lipinski definition) is 3. The fourth-order valence-corrected chi connectivity index (χ4v) is 5.59. The first kappa shape index (κ1) is 16.0. The number of halogens is 1. The Kier molecular flexibility index (Phi) is 3.45. The van der Waals surface area contributed by atoms with Gasteiger partial charge in [-0.1, -0.05) is 12.1 Å². The summed E-state index contributed by atoms with van der Waals surface area (Å²) in [6.07, 6.45) is 6.27. The number of hydrogen-bond donors (Lipinski definition) is 0. The molecule has 4 nitrogen and oxygen atoms in total. The first-order valence-corrected chi connectivity index (χ1v) is 9.49. The van der Waals surface area contributed by atoms with Gasteiger partial charge in [-0.15, -0.1) is 12.4 Å². The van der Waals surface area contributed by atoms with Crippen LogP contribution in [0.15, 0.2) is 24.3 Å². The molecule has 1 aliphatic heterocycles. The van der Waals surface area contributed by atoms with E-state index in [4.69, 9.17) is 4.98 Å². The van der Waals surface area contributed by atoms with Crippen molar-refractivity contribution in [2.45, 2.75) is 43.9 Å². The minimum atomic E-state index is 0. The maximum atomic E-state index is 9.99. The third-order valence-corrected chi connectivity index (χ3v) is 6.56. The molecule has 2 aromatic heterocycles. The molecule has 0 radical (unpaired) electrons. The van der Waals surface area contributed by atoms with E-state index in [0.29, 0.717) is 11.8 Å². The van der Waals surface area contributed by atoms with Gasteiger partial charge in [-0.05, 0) is 61.6 Å². The quantitative estimate of drug-likeness (QED) is 0.626. The van der Waals surface area contributed by atoms with E-state index in [9.17, 15) is 5.26 Å². The Labute approximate surface area is 158 Å². The summed E-state index contributed by atoms with van der Waals surface area (Å²) in [5.41, 5.74) is 6.66.